The van der Waals surface area contributed by atoms with Crippen LogP contribution >= 0.6 is 11.6 Å². The average molecular weight is 622 g/mol. The van der Waals surface area contributed by atoms with Crippen molar-refractivity contribution in [3.05, 3.63) is 77.3 Å². The molecule has 1 atom stereocenters. The Morgan fingerprint density at radius 2 is 1.91 bits per heavy atom. The lowest BCUT2D eigenvalue weighted by Crippen LogP contribution is -2.44. The first-order valence-electron chi connectivity index (χ1n) is 15.0. The zero-order chi connectivity index (χ0) is 30.3. The highest BCUT2D eigenvalue weighted by Gasteiger charge is 2.21. The van der Waals surface area contributed by atoms with E-state index in [4.69, 9.17) is 30.5 Å². The molecule has 2 fully saturated rings. The number of ether oxygens (including phenoxy) is 4. The molecule has 2 saturated heterocycles. The minimum atomic E-state index is -0.308. The molecule has 2 aliphatic rings. The predicted octanol–water partition coefficient (Wildman–Crippen LogP) is 5.93. The second-order valence-electron chi connectivity index (χ2n) is 11.2. The smallest absolute Gasteiger partial charge is 0.145 e. The first kappa shape index (κ1) is 30.3. The number of hydrogen-bond acceptors (Lipinski definition) is 9. The quantitative estimate of drug-likeness (QED) is 0.194. The second-order valence-corrected chi connectivity index (χ2v) is 11.6. The molecule has 9 nitrogen and oxygen atoms in total. The molecular weight excluding hydrogens is 585 g/mol. The van der Waals surface area contributed by atoms with E-state index in [1.54, 1.807) is 24.3 Å². The van der Waals surface area contributed by atoms with Crippen LogP contribution in [0.15, 0.2) is 60.9 Å². The van der Waals surface area contributed by atoms with Gasteiger partial charge in [-0.1, -0.05) is 23.7 Å². The maximum absolute atomic E-state index is 13.5. The van der Waals surface area contributed by atoms with E-state index >= 15 is 0 Å². The summed E-state index contributed by atoms with van der Waals surface area (Å²) in [5.41, 5.74) is 2.14. The molecule has 1 unspecified atom stereocenters. The Bertz CT molecular complexity index is 1560. The second kappa shape index (κ2) is 14.4. The van der Waals surface area contributed by atoms with Crippen LogP contribution in [-0.4, -0.2) is 85.5 Å². The van der Waals surface area contributed by atoms with E-state index in [9.17, 15) is 4.39 Å². The summed E-state index contributed by atoms with van der Waals surface area (Å²) in [6.45, 7) is 7.41. The van der Waals surface area contributed by atoms with Gasteiger partial charge in [0.05, 0.1) is 35.7 Å². The minimum Gasteiger partial charge on any atom is -0.493 e. The van der Waals surface area contributed by atoms with Gasteiger partial charge in [0.1, 0.15) is 47.9 Å². The lowest BCUT2D eigenvalue weighted by atomic mass is 10.2. The summed E-state index contributed by atoms with van der Waals surface area (Å²) in [6, 6.07) is 15.5. The Labute approximate surface area is 261 Å². The van der Waals surface area contributed by atoms with E-state index in [-0.39, 0.29) is 18.5 Å². The number of piperazine rings is 1. The van der Waals surface area contributed by atoms with E-state index in [0.29, 0.717) is 64.7 Å². The maximum Gasteiger partial charge on any atom is 0.145 e. The predicted molar refractivity (Wildman–Crippen MR) is 169 cm³/mol. The fourth-order valence-corrected chi connectivity index (χ4v) is 5.59. The van der Waals surface area contributed by atoms with E-state index in [0.717, 1.165) is 51.0 Å². The zero-order valence-electron chi connectivity index (χ0n) is 24.8. The third-order valence-electron chi connectivity index (χ3n) is 7.82. The number of aromatic nitrogens is 2. The fraction of sp³-hybridized carbons (Fsp3) is 0.394. The first-order chi connectivity index (χ1) is 21.5. The molecule has 1 N–H and O–H groups in total. The Morgan fingerprint density at radius 3 is 2.70 bits per heavy atom. The number of benzene rings is 3. The van der Waals surface area contributed by atoms with Crippen molar-refractivity contribution in [3.63, 3.8) is 0 Å². The standard InChI is InChI=1S/C33H37ClFN5O4/c1-39-10-12-40(13-11-39)9-3-14-42-27-18-29-32(31(19-27)44-26-8-15-41-21-26)33(37-22-36-29)38-25-6-7-30(28(34)17-25)43-20-23-4-2-5-24(35)16-23/h2,4-7,16-19,22,26H,3,8-15,20-21H2,1H3,(H,36,37,38). The van der Waals surface area contributed by atoms with Gasteiger partial charge in [0, 0.05) is 57.0 Å². The summed E-state index contributed by atoms with van der Waals surface area (Å²) in [4.78, 5) is 13.9. The van der Waals surface area contributed by atoms with Crippen LogP contribution in [0.4, 0.5) is 15.9 Å². The highest BCUT2D eigenvalue weighted by atomic mass is 35.5. The van der Waals surface area contributed by atoms with Gasteiger partial charge in [0.15, 0.2) is 0 Å². The molecule has 3 aromatic carbocycles. The van der Waals surface area contributed by atoms with Gasteiger partial charge in [-0.25, -0.2) is 14.4 Å². The van der Waals surface area contributed by atoms with Crippen molar-refractivity contribution >= 4 is 34.0 Å². The van der Waals surface area contributed by atoms with E-state index < -0.39 is 0 Å². The normalized spacial score (nSPS) is 17.6. The molecule has 0 amide bonds. The van der Waals surface area contributed by atoms with Crippen LogP contribution in [-0.2, 0) is 11.3 Å². The number of hydrogen-bond donors (Lipinski definition) is 1. The molecule has 232 valence electrons. The minimum absolute atomic E-state index is 0.0669. The third kappa shape index (κ3) is 7.87. The molecule has 4 aromatic rings. The van der Waals surface area contributed by atoms with Crippen molar-refractivity contribution in [3.8, 4) is 17.2 Å². The van der Waals surface area contributed by atoms with Crippen molar-refractivity contribution in [1.82, 2.24) is 19.8 Å². The topological polar surface area (TPSA) is 81.2 Å². The molecule has 0 spiro atoms. The Hall–Kier alpha value is -3.70. The van der Waals surface area contributed by atoms with Gasteiger partial charge >= 0.3 is 0 Å². The van der Waals surface area contributed by atoms with Gasteiger partial charge in [-0.2, -0.15) is 0 Å². The Balaban J connectivity index is 1.17. The van der Waals surface area contributed by atoms with Crippen LogP contribution in [0.25, 0.3) is 10.9 Å². The van der Waals surface area contributed by atoms with Crippen LogP contribution in [0.2, 0.25) is 5.02 Å². The van der Waals surface area contributed by atoms with Crippen molar-refractivity contribution in [1.29, 1.82) is 0 Å². The summed E-state index contributed by atoms with van der Waals surface area (Å²) in [7, 11) is 2.17. The summed E-state index contributed by atoms with van der Waals surface area (Å²) in [5, 5.41) is 4.53. The summed E-state index contributed by atoms with van der Waals surface area (Å²) < 4.78 is 37.6. The molecule has 0 saturated carbocycles. The van der Waals surface area contributed by atoms with E-state index in [1.807, 2.05) is 18.2 Å². The number of fused-ring (bicyclic) bond motifs is 1. The fourth-order valence-electron chi connectivity index (χ4n) is 5.36. The van der Waals surface area contributed by atoms with Crippen LogP contribution in [0.5, 0.6) is 17.2 Å². The lowest BCUT2D eigenvalue weighted by molar-refractivity contribution is 0.141. The summed E-state index contributed by atoms with van der Waals surface area (Å²) >= 11 is 6.56. The van der Waals surface area contributed by atoms with Crippen molar-refractivity contribution in [2.75, 3.05) is 64.9 Å². The number of nitrogens with one attached hydrogen (secondary N) is 1. The van der Waals surface area contributed by atoms with Gasteiger partial charge in [-0.15, -0.1) is 0 Å². The van der Waals surface area contributed by atoms with Crippen LogP contribution in [0, 0.1) is 5.82 Å². The van der Waals surface area contributed by atoms with Gasteiger partial charge < -0.3 is 34.1 Å². The summed E-state index contributed by atoms with van der Waals surface area (Å²) in [6.07, 6.45) is 3.19. The number of anilines is 2. The number of likely N-dealkylation sites (N-methyl/N-ethyl adjacent to an activating group) is 1. The number of halogens is 2. The van der Waals surface area contributed by atoms with E-state index in [1.165, 1.54) is 18.5 Å². The average Bonchev–Trinajstić information content (AvgIpc) is 3.53. The SMILES string of the molecule is CN1CCN(CCCOc2cc(OC3CCOC3)c3c(Nc4ccc(OCc5cccc(F)c5)c(Cl)c4)ncnc3c2)CC1. The molecular formula is C33H37ClFN5O4. The van der Waals surface area contributed by atoms with Gasteiger partial charge in [-0.05, 0) is 49.4 Å². The zero-order valence-corrected chi connectivity index (χ0v) is 25.6. The molecule has 6 rings (SSSR count). The lowest BCUT2D eigenvalue weighted by Gasteiger charge is -2.32. The van der Waals surface area contributed by atoms with Crippen molar-refractivity contribution in [2.45, 2.75) is 25.6 Å². The highest BCUT2D eigenvalue weighted by Crippen LogP contribution is 2.38. The monoisotopic (exact) mass is 621 g/mol. The molecule has 44 heavy (non-hydrogen) atoms. The molecule has 0 radical (unpaired) electrons. The van der Waals surface area contributed by atoms with Gasteiger partial charge in [0.25, 0.3) is 0 Å². The van der Waals surface area contributed by atoms with Crippen LogP contribution in [0.3, 0.4) is 0 Å². The van der Waals surface area contributed by atoms with Gasteiger partial charge in [0.2, 0.25) is 0 Å². The molecule has 3 heterocycles. The number of nitrogens with zero attached hydrogens (tertiary/aromatic N) is 4. The summed E-state index contributed by atoms with van der Waals surface area (Å²) in [5.74, 6) is 2.11. The van der Waals surface area contributed by atoms with Crippen molar-refractivity contribution in [2.24, 2.45) is 0 Å². The highest BCUT2D eigenvalue weighted by molar-refractivity contribution is 6.32. The molecule has 1 aromatic heterocycles. The molecule has 0 aliphatic carbocycles. The maximum atomic E-state index is 13.5. The Morgan fingerprint density at radius 1 is 1.02 bits per heavy atom. The van der Waals surface area contributed by atoms with E-state index in [2.05, 4.69) is 32.1 Å². The molecule has 11 heteroatoms. The van der Waals surface area contributed by atoms with Crippen molar-refractivity contribution < 1.29 is 23.3 Å². The first-order valence-corrected chi connectivity index (χ1v) is 15.4. The number of rotatable bonds is 12. The third-order valence-corrected chi connectivity index (χ3v) is 8.11. The molecule has 0 bridgehead atoms. The van der Waals surface area contributed by atoms with Crippen LogP contribution < -0.4 is 19.5 Å². The van der Waals surface area contributed by atoms with Gasteiger partial charge in [-0.3, -0.25) is 0 Å². The van der Waals surface area contributed by atoms with Crippen LogP contribution in [0.1, 0.15) is 18.4 Å². The molecule has 2 aliphatic heterocycles. The largest absolute Gasteiger partial charge is 0.493 e. The Kier molecular flexibility index (Phi) is 9.92.